The number of nitrogens with one attached hydrogen (secondary N) is 1. The molecule has 0 spiro atoms. The summed E-state index contributed by atoms with van der Waals surface area (Å²) in [5, 5.41) is 4.32. The van der Waals surface area contributed by atoms with Crippen LogP contribution in [0, 0.1) is 0 Å². The van der Waals surface area contributed by atoms with E-state index in [0.29, 0.717) is 45.5 Å². The molecule has 1 amide bonds. The number of methoxy groups -OCH3 is 1. The molecule has 1 heterocycles. The van der Waals surface area contributed by atoms with Gasteiger partial charge in [-0.3, -0.25) is 9.69 Å². The van der Waals surface area contributed by atoms with Crippen molar-refractivity contribution in [3.63, 3.8) is 0 Å². The summed E-state index contributed by atoms with van der Waals surface area (Å²) in [5.74, 6) is 0.980. The summed E-state index contributed by atoms with van der Waals surface area (Å²) in [7, 11) is 1.56. The highest BCUT2D eigenvalue weighted by molar-refractivity contribution is 7.80. The van der Waals surface area contributed by atoms with Crippen LogP contribution in [0.3, 0.4) is 0 Å². The standard InChI is InChI=1S/C20H18Cl2N2O3S/c1-3-24-19(25)16(23-20(24)28)9-12-5-7-17(18(10-12)26-2)27-11-13-4-6-14(21)15(22)8-13/h4-10H,3,11H2,1-2H3,(H,23,28). The average Bonchev–Trinajstić information content (AvgIpc) is 2.95. The van der Waals surface area contributed by atoms with Gasteiger partial charge in [0.15, 0.2) is 16.6 Å². The third kappa shape index (κ3) is 4.41. The van der Waals surface area contributed by atoms with E-state index in [-0.39, 0.29) is 5.91 Å². The number of ether oxygens (including phenoxy) is 2. The predicted octanol–water partition coefficient (Wildman–Crippen LogP) is 4.66. The third-order valence-electron chi connectivity index (χ3n) is 4.16. The van der Waals surface area contributed by atoms with E-state index in [4.69, 9.17) is 44.9 Å². The number of amides is 1. The fourth-order valence-corrected chi connectivity index (χ4v) is 3.35. The Hall–Kier alpha value is -2.28. The molecule has 0 radical (unpaired) electrons. The molecule has 2 aromatic rings. The number of likely N-dealkylation sites (N-methyl/N-ethyl adjacent to an activating group) is 1. The van der Waals surface area contributed by atoms with E-state index in [1.54, 1.807) is 37.5 Å². The van der Waals surface area contributed by atoms with Crippen LogP contribution in [0.1, 0.15) is 18.1 Å². The highest BCUT2D eigenvalue weighted by Crippen LogP contribution is 2.30. The van der Waals surface area contributed by atoms with E-state index in [0.717, 1.165) is 11.1 Å². The van der Waals surface area contributed by atoms with Gasteiger partial charge >= 0.3 is 0 Å². The molecule has 1 fully saturated rings. The molecule has 0 aromatic heterocycles. The van der Waals surface area contributed by atoms with Crippen molar-refractivity contribution in [3.05, 3.63) is 63.3 Å². The van der Waals surface area contributed by atoms with Gasteiger partial charge in [-0.25, -0.2) is 0 Å². The zero-order valence-corrected chi connectivity index (χ0v) is 17.6. The Balaban J connectivity index is 1.77. The number of carbonyl (C=O) groups excluding carboxylic acids is 1. The molecule has 146 valence electrons. The Morgan fingerprint density at radius 1 is 1.14 bits per heavy atom. The minimum atomic E-state index is -0.147. The van der Waals surface area contributed by atoms with E-state index in [1.807, 2.05) is 19.1 Å². The molecule has 28 heavy (non-hydrogen) atoms. The van der Waals surface area contributed by atoms with Gasteiger partial charge in [-0.15, -0.1) is 0 Å². The molecule has 3 rings (SSSR count). The predicted molar refractivity (Wildman–Crippen MR) is 115 cm³/mol. The Kier molecular flexibility index (Phi) is 6.44. The van der Waals surface area contributed by atoms with Crippen molar-refractivity contribution < 1.29 is 14.3 Å². The number of hydrogen-bond acceptors (Lipinski definition) is 4. The third-order valence-corrected chi connectivity index (χ3v) is 5.22. The van der Waals surface area contributed by atoms with Gasteiger partial charge in [0, 0.05) is 6.54 Å². The first-order valence-corrected chi connectivity index (χ1v) is 9.68. The molecule has 0 aliphatic carbocycles. The monoisotopic (exact) mass is 436 g/mol. The van der Waals surface area contributed by atoms with Crippen molar-refractivity contribution in [2.75, 3.05) is 13.7 Å². The second kappa shape index (κ2) is 8.82. The minimum Gasteiger partial charge on any atom is -0.493 e. The van der Waals surface area contributed by atoms with Gasteiger partial charge in [-0.05, 0) is 60.6 Å². The van der Waals surface area contributed by atoms with Crippen LogP contribution in [0.25, 0.3) is 6.08 Å². The first kappa shape index (κ1) is 20.5. The molecule has 2 aromatic carbocycles. The second-order valence-corrected chi connectivity index (χ2v) is 7.19. The SMILES string of the molecule is CCN1C(=O)C(=Cc2ccc(OCc3ccc(Cl)c(Cl)c3)c(OC)c2)NC1=S. The Bertz CT molecular complexity index is 962. The summed E-state index contributed by atoms with van der Waals surface area (Å²) in [4.78, 5) is 13.8. The number of thiocarbonyl (C=S) groups is 1. The van der Waals surface area contributed by atoms with Crippen molar-refractivity contribution in [1.29, 1.82) is 0 Å². The Morgan fingerprint density at radius 2 is 1.93 bits per heavy atom. The van der Waals surface area contributed by atoms with Crippen molar-refractivity contribution in [2.45, 2.75) is 13.5 Å². The van der Waals surface area contributed by atoms with E-state index in [1.165, 1.54) is 4.90 Å². The number of hydrogen-bond donors (Lipinski definition) is 1. The summed E-state index contributed by atoms with van der Waals surface area (Å²) in [6.45, 7) is 2.71. The van der Waals surface area contributed by atoms with Crippen LogP contribution in [-0.4, -0.2) is 29.6 Å². The summed E-state index contributed by atoms with van der Waals surface area (Å²) in [6, 6.07) is 10.8. The van der Waals surface area contributed by atoms with Gasteiger partial charge in [-0.2, -0.15) is 0 Å². The van der Waals surface area contributed by atoms with Gasteiger partial charge in [0.2, 0.25) is 0 Å². The van der Waals surface area contributed by atoms with Crippen LogP contribution >= 0.6 is 35.4 Å². The molecule has 8 heteroatoms. The van der Waals surface area contributed by atoms with Crippen molar-refractivity contribution in [3.8, 4) is 11.5 Å². The van der Waals surface area contributed by atoms with Gasteiger partial charge in [0.25, 0.3) is 5.91 Å². The van der Waals surface area contributed by atoms with E-state index >= 15 is 0 Å². The van der Waals surface area contributed by atoms with Crippen LogP contribution in [0.2, 0.25) is 10.0 Å². The summed E-state index contributed by atoms with van der Waals surface area (Å²) in [5.41, 5.74) is 2.10. The molecule has 0 bridgehead atoms. The number of benzene rings is 2. The molecule has 0 atom stereocenters. The molecule has 1 aliphatic rings. The molecule has 0 unspecified atom stereocenters. The zero-order chi connectivity index (χ0) is 20.3. The van der Waals surface area contributed by atoms with Gasteiger partial charge < -0.3 is 14.8 Å². The molecule has 1 saturated heterocycles. The number of nitrogens with zero attached hydrogens (tertiary/aromatic N) is 1. The topological polar surface area (TPSA) is 50.8 Å². The maximum Gasteiger partial charge on any atom is 0.276 e. The van der Waals surface area contributed by atoms with Crippen LogP contribution < -0.4 is 14.8 Å². The first-order chi connectivity index (χ1) is 13.4. The summed E-state index contributed by atoms with van der Waals surface area (Å²) >= 11 is 17.1. The lowest BCUT2D eigenvalue weighted by Gasteiger charge is -2.12. The molecule has 1 N–H and O–H groups in total. The fourth-order valence-electron chi connectivity index (χ4n) is 2.71. The Morgan fingerprint density at radius 3 is 2.57 bits per heavy atom. The van der Waals surface area contributed by atoms with Crippen LogP contribution in [0.5, 0.6) is 11.5 Å². The smallest absolute Gasteiger partial charge is 0.276 e. The highest BCUT2D eigenvalue weighted by atomic mass is 35.5. The first-order valence-electron chi connectivity index (χ1n) is 8.52. The normalized spacial score (nSPS) is 15.1. The summed E-state index contributed by atoms with van der Waals surface area (Å²) < 4.78 is 11.3. The average molecular weight is 437 g/mol. The molecule has 1 aliphatic heterocycles. The number of rotatable bonds is 6. The lowest BCUT2D eigenvalue weighted by atomic mass is 10.1. The number of halogens is 2. The van der Waals surface area contributed by atoms with Crippen molar-refractivity contribution in [2.24, 2.45) is 0 Å². The molecular weight excluding hydrogens is 419 g/mol. The van der Waals surface area contributed by atoms with Crippen LogP contribution in [0.15, 0.2) is 42.1 Å². The lowest BCUT2D eigenvalue weighted by molar-refractivity contribution is -0.122. The largest absolute Gasteiger partial charge is 0.493 e. The maximum absolute atomic E-state index is 12.3. The number of carbonyl (C=O) groups is 1. The molecule has 5 nitrogen and oxygen atoms in total. The molecule has 0 saturated carbocycles. The van der Waals surface area contributed by atoms with Gasteiger partial charge in [-0.1, -0.05) is 35.3 Å². The van der Waals surface area contributed by atoms with Crippen molar-refractivity contribution >= 4 is 52.5 Å². The Labute approximate surface area is 178 Å². The van der Waals surface area contributed by atoms with Crippen molar-refractivity contribution in [1.82, 2.24) is 10.2 Å². The van der Waals surface area contributed by atoms with E-state index in [9.17, 15) is 4.79 Å². The van der Waals surface area contributed by atoms with Crippen LogP contribution in [0.4, 0.5) is 0 Å². The summed E-state index contributed by atoms with van der Waals surface area (Å²) in [6.07, 6.45) is 1.73. The molecular formula is C20H18Cl2N2O3S. The van der Waals surface area contributed by atoms with Gasteiger partial charge in [0.1, 0.15) is 12.3 Å². The zero-order valence-electron chi connectivity index (χ0n) is 15.3. The van der Waals surface area contributed by atoms with Gasteiger partial charge in [0.05, 0.1) is 17.2 Å². The second-order valence-electron chi connectivity index (χ2n) is 5.99. The maximum atomic E-state index is 12.3. The lowest BCUT2D eigenvalue weighted by Crippen LogP contribution is -2.30. The van der Waals surface area contributed by atoms with E-state index in [2.05, 4.69) is 5.32 Å². The minimum absolute atomic E-state index is 0.147. The van der Waals surface area contributed by atoms with Crippen LogP contribution in [-0.2, 0) is 11.4 Å². The fraction of sp³-hybridized carbons (Fsp3) is 0.200. The highest BCUT2D eigenvalue weighted by Gasteiger charge is 2.29. The van der Waals surface area contributed by atoms with E-state index < -0.39 is 0 Å². The quantitative estimate of drug-likeness (QED) is 0.527.